The van der Waals surface area contributed by atoms with Crippen molar-refractivity contribution >= 4 is 28.5 Å². The van der Waals surface area contributed by atoms with Crippen molar-refractivity contribution in [2.45, 2.75) is 33.5 Å². The lowest BCUT2D eigenvalue weighted by Gasteiger charge is -2.10. The van der Waals surface area contributed by atoms with E-state index in [-0.39, 0.29) is 53.7 Å². The van der Waals surface area contributed by atoms with E-state index in [1.807, 2.05) is 13.8 Å². The van der Waals surface area contributed by atoms with E-state index in [1.54, 1.807) is 18.2 Å². The molecule has 0 aliphatic carbocycles. The number of aromatic nitrogens is 4. The third-order valence-electron chi connectivity index (χ3n) is 5.36. The predicted octanol–water partition coefficient (Wildman–Crippen LogP) is 1.29. The second-order valence-corrected chi connectivity index (χ2v) is 8.47. The number of fused-ring (bicyclic) bond motifs is 3. The quantitative estimate of drug-likeness (QED) is 0.349. The number of rotatable bonds is 9. The number of hydrogen-bond donors (Lipinski definition) is 2. The van der Waals surface area contributed by atoms with Gasteiger partial charge >= 0.3 is 5.69 Å². The molecular weight excluding hydrogens is 452 g/mol. The third-order valence-corrected chi connectivity index (χ3v) is 5.36. The van der Waals surface area contributed by atoms with Crippen LogP contribution in [-0.4, -0.2) is 37.1 Å². The van der Waals surface area contributed by atoms with Crippen molar-refractivity contribution < 1.29 is 14.0 Å². The van der Waals surface area contributed by atoms with Gasteiger partial charge in [0, 0.05) is 18.7 Å². The Morgan fingerprint density at radius 1 is 1.20 bits per heavy atom. The van der Waals surface area contributed by atoms with E-state index in [9.17, 15) is 19.2 Å². The molecule has 35 heavy (non-hydrogen) atoms. The summed E-state index contributed by atoms with van der Waals surface area (Å²) in [7, 11) is 0. The number of hydrogen-bond acceptors (Lipinski definition) is 6. The summed E-state index contributed by atoms with van der Waals surface area (Å²) in [5.74, 6) is 0.0992. The Bertz CT molecular complexity index is 1520. The van der Waals surface area contributed by atoms with Gasteiger partial charge in [-0.25, -0.2) is 13.9 Å². The van der Waals surface area contributed by atoms with E-state index < -0.39 is 11.6 Å². The van der Waals surface area contributed by atoms with E-state index in [0.717, 1.165) is 4.68 Å². The molecule has 0 aliphatic heterocycles. The lowest BCUT2D eigenvalue weighted by Crippen LogP contribution is -2.32. The van der Waals surface area contributed by atoms with Crippen molar-refractivity contribution in [1.29, 1.82) is 0 Å². The van der Waals surface area contributed by atoms with Crippen LogP contribution in [0.1, 0.15) is 30.0 Å². The van der Waals surface area contributed by atoms with Crippen LogP contribution in [0.3, 0.4) is 0 Å². The molecule has 11 nitrogen and oxygen atoms in total. The van der Waals surface area contributed by atoms with Gasteiger partial charge in [-0.05, 0) is 36.2 Å². The summed E-state index contributed by atoms with van der Waals surface area (Å²) < 4.78 is 8.70. The fraction of sp³-hybridized carbons (Fsp3) is 0.292. The maximum atomic E-state index is 13.3. The van der Waals surface area contributed by atoms with E-state index in [0.29, 0.717) is 17.9 Å². The van der Waals surface area contributed by atoms with E-state index in [4.69, 9.17) is 4.42 Å². The molecule has 4 rings (SSSR count). The van der Waals surface area contributed by atoms with E-state index in [1.165, 1.54) is 33.4 Å². The molecule has 0 aliphatic rings. The molecule has 0 atom stereocenters. The fourth-order valence-electron chi connectivity index (χ4n) is 3.64. The summed E-state index contributed by atoms with van der Waals surface area (Å²) in [5.41, 5.74) is -0.470. The van der Waals surface area contributed by atoms with Crippen molar-refractivity contribution in [3.05, 3.63) is 81.4 Å². The first-order chi connectivity index (χ1) is 16.8. The molecule has 0 unspecified atom stereocenters. The van der Waals surface area contributed by atoms with Crippen LogP contribution in [0.2, 0.25) is 0 Å². The topological polar surface area (TPSA) is 133 Å². The summed E-state index contributed by atoms with van der Waals surface area (Å²) in [5, 5.41) is 9.98. The second kappa shape index (κ2) is 9.84. The zero-order valence-corrected chi connectivity index (χ0v) is 19.5. The van der Waals surface area contributed by atoms with Gasteiger partial charge in [0.25, 0.3) is 11.5 Å². The summed E-state index contributed by atoms with van der Waals surface area (Å²) >= 11 is 0. The number of allylic oxidation sites excluding steroid dienone is 1. The predicted molar refractivity (Wildman–Crippen MR) is 129 cm³/mol. The van der Waals surface area contributed by atoms with Crippen molar-refractivity contribution in [3.8, 4) is 0 Å². The second-order valence-electron chi connectivity index (χ2n) is 8.47. The van der Waals surface area contributed by atoms with Gasteiger partial charge in [0.15, 0.2) is 0 Å². The van der Waals surface area contributed by atoms with Gasteiger partial charge in [-0.15, -0.1) is 11.7 Å². The van der Waals surface area contributed by atoms with Crippen molar-refractivity contribution in [3.63, 3.8) is 0 Å². The minimum atomic E-state index is -0.615. The molecule has 0 spiro atoms. The van der Waals surface area contributed by atoms with Crippen LogP contribution in [0, 0.1) is 5.92 Å². The van der Waals surface area contributed by atoms with Crippen molar-refractivity contribution in [2.24, 2.45) is 5.92 Å². The zero-order chi connectivity index (χ0) is 25.1. The van der Waals surface area contributed by atoms with Crippen LogP contribution in [-0.2, 0) is 24.4 Å². The van der Waals surface area contributed by atoms with E-state index in [2.05, 4.69) is 22.3 Å². The van der Waals surface area contributed by atoms with Crippen LogP contribution in [0.15, 0.2) is 63.3 Å². The third kappa shape index (κ3) is 4.79. The summed E-state index contributed by atoms with van der Waals surface area (Å²) in [6, 6.07) is 7.96. The van der Waals surface area contributed by atoms with Gasteiger partial charge in [-0.1, -0.05) is 19.9 Å². The lowest BCUT2D eigenvalue weighted by atomic mass is 10.1. The molecular formula is C24H26N6O5. The average molecular weight is 479 g/mol. The molecule has 0 radical (unpaired) electrons. The standard InChI is InChI=1S/C24H26N6O5/c1-4-9-28-22(33)18-8-7-16(21(32)26-12-15(2)3)11-19(18)30-23(28)27-29(24(30)34)14-20(31)25-13-17-6-5-10-35-17/h4-8,10-11,15H,1,9,12-14H2,2-3H3,(H,25,31)(H,26,32). The molecule has 4 aromatic rings. The number of benzene rings is 1. The molecule has 1 aromatic carbocycles. The fourth-order valence-corrected chi connectivity index (χ4v) is 3.64. The maximum Gasteiger partial charge on any atom is 0.352 e. The molecule has 0 fully saturated rings. The van der Waals surface area contributed by atoms with Gasteiger partial charge in [-0.3, -0.25) is 19.0 Å². The molecule has 0 saturated carbocycles. The lowest BCUT2D eigenvalue weighted by molar-refractivity contribution is -0.122. The number of carbonyl (C=O) groups is 2. The highest BCUT2D eigenvalue weighted by atomic mass is 16.3. The first-order valence-electron chi connectivity index (χ1n) is 11.1. The largest absolute Gasteiger partial charge is 0.467 e. The molecule has 2 N–H and O–H groups in total. The molecule has 11 heteroatoms. The molecule has 3 aromatic heterocycles. The first-order valence-corrected chi connectivity index (χ1v) is 11.1. The van der Waals surface area contributed by atoms with Gasteiger partial charge in [0.1, 0.15) is 12.3 Å². The number of furan rings is 1. The highest BCUT2D eigenvalue weighted by Crippen LogP contribution is 2.14. The van der Waals surface area contributed by atoms with Crippen LogP contribution >= 0.6 is 0 Å². The number of nitrogens with one attached hydrogen (secondary N) is 2. The van der Waals surface area contributed by atoms with Gasteiger partial charge < -0.3 is 15.1 Å². The maximum absolute atomic E-state index is 13.3. The zero-order valence-electron chi connectivity index (χ0n) is 19.5. The Kier molecular flexibility index (Phi) is 6.67. The minimum absolute atomic E-state index is 0.0472. The van der Waals surface area contributed by atoms with Gasteiger partial charge in [0.05, 0.1) is 23.7 Å². The van der Waals surface area contributed by atoms with Crippen molar-refractivity contribution in [2.75, 3.05) is 6.54 Å². The van der Waals surface area contributed by atoms with Crippen LogP contribution < -0.4 is 21.9 Å². The summed E-state index contributed by atoms with van der Waals surface area (Å²) in [4.78, 5) is 51.5. The molecule has 182 valence electrons. The smallest absolute Gasteiger partial charge is 0.352 e. The number of nitrogens with zero attached hydrogens (tertiary/aromatic N) is 4. The van der Waals surface area contributed by atoms with Crippen LogP contribution in [0.4, 0.5) is 0 Å². The normalized spacial score (nSPS) is 11.3. The Balaban J connectivity index is 1.78. The first kappa shape index (κ1) is 23.7. The molecule has 0 bridgehead atoms. The number of carbonyl (C=O) groups excluding carboxylic acids is 2. The van der Waals surface area contributed by atoms with Crippen molar-refractivity contribution in [1.82, 2.24) is 29.4 Å². The summed E-state index contributed by atoms with van der Waals surface area (Å²) in [6.07, 6.45) is 3.01. The molecule has 0 saturated heterocycles. The van der Waals surface area contributed by atoms with E-state index >= 15 is 0 Å². The monoisotopic (exact) mass is 478 g/mol. The number of amides is 2. The summed E-state index contributed by atoms with van der Waals surface area (Å²) in [6.45, 7) is 8.02. The highest BCUT2D eigenvalue weighted by molar-refractivity contribution is 5.98. The Hall–Kier alpha value is -4.41. The van der Waals surface area contributed by atoms with Crippen LogP contribution in [0.25, 0.3) is 16.7 Å². The SMILES string of the molecule is C=CCn1c(=O)c2ccc(C(=O)NCC(C)C)cc2n2c(=O)n(CC(=O)NCc3ccco3)nc12. The Morgan fingerprint density at radius 3 is 2.69 bits per heavy atom. The minimum Gasteiger partial charge on any atom is -0.467 e. The van der Waals surface area contributed by atoms with Gasteiger partial charge in [-0.2, -0.15) is 0 Å². The highest BCUT2D eigenvalue weighted by Gasteiger charge is 2.20. The van der Waals surface area contributed by atoms with Gasteiger partial charge in [0.2, 0.25) is 11.7 Å². The average Bonchev–Trinajstić information content (AvgIpc) is 3.47. The molecule has 3 heterocycles. The molecule has 2 amide bonds. The Morgan fingerprint density at radius 2 is 2.00 bits per heavy atom. The van der Waals surface area contributed by atoms with Crippen LogP contribution in [0.5, 0.6) is 0 Å². The Labute approximate surface area is 199 Å².